The molecule has 0 heterocycles. The zero-order valence-corrected chi connectivity index (χ0v) is 8.34. The predicted molar refractivity (Wildman–Crippen MR) is 55.7 cm³/mol. The van der Waals surface area contributed by atoms with Crippen molar-refractivity contribution in [3.05, 3.63) is 37.0 Å². The topological polar surface area (TPSA) is 9.23 Å². The van der Waals surface area contributed by atoms with Gasteiger partial charge in [-0.1, -0.05) is 26.2 Å². The summed E-state index contributed by atoms with van der Waals surface area (Å²) in [5, 5.41) is 0. The highest BCUT2D eigenvalue weighted by atomic mass is 19.1. The summed E-state index contributed by atoms with van der Waals surface area (Å²) >= 11 is 0. The van der Waals surface area contributed by atoms with Crippen LogP contribution in [0.15, 0.2) is 24.3 Å². The van der Waals surface area contributed by atoms with Gasteiger partial charge >= 0.3 is 0 Å². The molecule has 0 atom stereocenters. The third kappa shape index (κ3) is 4.26. The van der Waals surface area contributed by atoms with Crippen LogP contribution in [0.3, 0.4) is 0 Å². The Kier molecular flexibility index (Phi) is 5.05. The first-order valence-electron chi connectivity index (χ1n) is 5.00. The molecule has 1 radical (unpaired) electrons. The Morgan fingerprint density at radius 2 is 1.79 bits per heavy atom. The van der Waals surface area contributed by atoms with E-state index < -0.39 is 0 Å². The number of rotatable bonds is 6. The minimum Gasteiger partial charge on any atom is -0.494 e. The molecule has 0 aliphatic rings. The minimum absolute atomic E-state index is 0.227. The Bertz CT molecular complexity index is 243. The number of benzene rings is 1. The smallest absolute Gasteiger partial charge is 0.123 e. The van der Waals surface area contributed by atoms with E-state index in [-0.39, 0.29) is 5.82 Å². The van der Waals surface area contributed by atoms with Gasteiger partial charge in [-0.2, -0.15) is 0 Å². The summed E-state index contributed by atoms with van der Waals surface area (Å²) in [5.41, 5.74) is 0. The van der Waals surface area contributed by atoms with Gasteiger partial charge in [0.05, 0.1) is 6.61 Å². The maximum Gasteiger partial charge on any atom is 0.123 e. The molecule has 2 heteroatoms. The lowest BCUT2D eigenvalue weighted by molar-refractivity contribution is 0.305. The number of hydrogen-bond acceptors (Lipinski definition) is 1. The first-order valence-corrected chi connectivity index (χ1v) is 5.00. The molecular formula is C12H16FO. The van der Waals surface area contributed by atoms with Gasteiger partial charge in [-0.15, -0.1) is 0 Å². The van der Waals surface area contributed by atoms with Gasteiger partial charge in [-0.25, -0.2) is 4.39 Å². The summed E-state index contributed by atoms with van der Waals surface area (Å²) in [5.74, 6) is 0.510. The second kappa shape index (κ2) is 6.41. The van der Waals surface area contributed by atoms with Gasteiger partial charge in [0.2, 0.25) is 0 Å². The summed E-state index contributed by atoms with van der Waals surface area (Å²) in [4.78, 5) is 0. The maximum absolute atomic E-state index is 12.5. The van der Waals surface area contributed by atoms with Crippen LogP contribution in [0.25, 0.3) is 0 Å². The quantitative estimate of drug-likeness (QED) is 0.630. The van der Waals surface area contributed by atoms with E-state index in [2.05, 4.69) is 6.92 Å². The lowest BCUT2D eigenvalue weighted by atomic mass is 10.2. The molecule has 0 spiro atoms. The molecule has 0 saturated heterocycles. The van der Waals surface area contributed by atoms with Gasteiger partial charge < -0.3 is 4.74 Å². The standard InChI is InChI=1S/C12H16FO/c1-2-3-4-5-10-14-12-8-6-11(13)7-9-12/h6-9H,1-5,10H2. The molecule has 0 unspecified atom stereocenters. The van der Waals surface area contributed by atoms with Crippen molar-refractivity contribution in [2.45, 2.75) is 25.7 Å². The van der Waals surface area contributed by atoms with Gasteiger partial charge in [-0.05, 0) is 30.7 Å². The van der Waals surface area contributed by atoms with E-state index in [1.165, 1.54) is 12.1 Å². The molecule has 14 heavy (non-hydrogen) atoms. The van der Waals surface area contributed by atoms with E-state index in [9.17, 15) is 4.39 Å². The van der Waals surface area contributed by atoms with Crippen molar-refractivity contribution in [3.8, 4) is 5.75 Å². The summed E-state index contributed by atoms with van der Waals surface area (Å²) in [6.07, 6.45) is 4.31. The van der Waals surface area contributed by atoms with E-state index in [1.54, 1.807) is 12.1 Å². The molecule has 1 aromatic carbocycles. The van der Waals surface area contributed by atoms with Gasteiger partial charge in [0.1, 0.15) is 11.6 Å². The fraction of sp³-hybridized carbons (Fsp3) is 0.417. The van der Waals surface area contributed by atoms with Crippen LogP contribution < -0.4 is 4.74 Å². The highest BCUT2D eigenvalue weighted by Crippen LogP contribution is 2.11. The first kappa shape index (κ1) is 11.0. The summed E-state index contributed by atoms with van der Waals surface area (Å²) in [6, 6.07) is 6.12. The van der Waals surface area contributed by atoms with E-state index in [1.807, 2.05) is 0 Å². The number of ether oxygens (including phenoxy) is 1. The Morgan fingerprint density at radius 3 is 2.43 bits per heavy atom. The fourth-order valence-electron chi connectivity index (χ4n) is 1.18. The molecule has 0 fully saturated rings. The molecule has 0 bridgehead atoms. The average molecular weight is 195 g/mol. The highest BCUT2D eigenvalue weighted by Gasteiger charge is 1.94. The molecule has 1 rings (SSSR count). The Morgan fingerprint density at radius 1 is 1.07 bits per heavy atom. The van der Waals surface area contributed by atoms with Gasteiger partial charge in [0.15, 0.2) is 0 Å². The summed E-state index contributed by atoms with van der Waals surface area (Å²) in [6.45, 7) is 4.47. The largest absolute Gasteiger partial charge is 0.494 e. The minimum atomic E-state index is -0.227. The zero-order valence-electron chi connectivity index (χ0n) is 8.34. The van der Waals surface area contributed by atoms with Crippen LogP contribution in [-0.2, 0) is 0 Å². The molecule has 1 aromatic rings. The SMILES string of the molecule is [CH2]CCCCCOc1ccc(F)cc1. The lowest BCUT2D eigenvalue weighted by Gasteiger charge is -2.05. The van der Waals surface area contributed by atoms with Crippen molar-refractivity contribution in [2.75, 3.05) is 6.61 Å². The van der Waals surface area contributed by atoms with Gasteiger partial charge in [-0.3, -0.25) is 0 Å². The summed E-state index contributed by atoms with van der Waals surface area (Å²) < 4.78 is 17.9. The average Bonchev–Trinajstić information content (AvgIpc) is 2.21. The van der Waals surface area contributed by atoms with Crippen molar-refractivity contribution in [1.29, 1.82) is 0 Å². The molecular weight excluding hydrogens is 179 g/mol. The molecule has 0 aliphatic heterocycles. The summed E-state index contributed by atoms with van der Waals surface area (Å²) in [7, 11) is 0. The van der Waals surface area contributed by atoms with Crippen molar-refractivity contribution in [1.82, 2.24) is 0 Å². The fourth-order valence-corrected chi connectivity index (χ4v) is 1.18. The van der Waals surface area contributed by atoms with Crippen LogP contribution in [0.1, 0.15) is 25.7 Å². The predicted octanol–water partition coefficient (Wildman–Crippen LogP) is 3.60. The molecule has 0 aliphatic carbocycles. The normalized spacial score (nSPS) is 10.1. The van der Waals surface area contributed by atoms with Crippen molar-refractivity contribution >= 4 is 0 Å². The molecule has 0 amide bonds. The van der Waals surface area contributed by atoms with Crippen LogP contribution in [0, 0.1) is 12.7 Å². The van der Waals surface area contributed by atoms with Crippen LogP contribution in [0.5, 0.6) is 5.75 Å². The third-order valence-corrected chi connectivity index (χ3v) is 1.98. The van der Waals surface area contributed by atoms with Crippen molar-refractivity contribution in [3.63, 3.8) is 0 Å². The number of halogens is 1. The van der Waals surface area contributed by atoms with E-state index in [4.69, 9.17) is 4.74 Å². The molecule has 77 valence electrons. The Labute approximate surface area is 84.9 Å². The second-order valence-electron chi connectivity index (χ2n) is 3.22. The van der Waals surface area contributed by atoms with E-state index in [0.717, 1.165) is 31.4 Å². The monoisotopic (exact) mass is 195 g/mol. The maximum atomic E-state index is 12.5. The lowest BCUT2D eigenvalue weighted by Crippen LogP contribution is -1.96. The zero-order chi connectivity index (χ0) is 10.2. The van der Waals surface area contributed by atoms with Crippen LogP contribution in [0.4, 0.5) is 4.39 Å². The molecule has 0 saturated carbocycles. The second-order valence-corrected chi connectivity index (χ2v) is 3.22. The molecule has 0 N–H and O–H groups in total. The third-order valence-electron chi connectivity index (χ3n) is 1.98. The van der Waals surface area contributed by atoms with Gasteiger partial charge in [0, 0.05) is 0 Å². The van der Waals surface area contributed by atoms with Crippen LogP contribution >= 0.6 is 0 Å². The molecule has 1 nitrogen and oxygen atoms in total. The van der Waals surface area contributed by atoms with Gasteiger partial charge in [0.25, 0.3) is 0 Å². The first-order chi connectivity index (χ1) is 6.83. The van der Waals surface area contributed by atoms with Crippen LogP contribution in [-0.4, -0.2) is 6.61 Å². The van der Waals surface area contributed by atoms with E-state index >= 15 is 0 Å². The Balaban J connectivity index is 2.15. The highest BCUT2D eigenvalue weighted by molar-refractivity contribution is 5.21. The van der Waals surface area contributed by atoms with E-state index in [0.29, 0.717) is 6.61 Å². The number of hydrogen-bond donors (Lipinski definition) is 0. The van der Waals surface area contributed by atoms with Crippen LogP contribution in [0.2, 0.25) is 0 Å². The van der Waals surface area contributed by atoms with Crippen molar-refractivity contribution < 1.29 is 9.13 Å². The van der Waals surface area contributed by atoms with Crippen molar-refractivity contribution in [2.24, 2.45) is 0 Å². The number of unbranched alkanes of at least 4 members (excludes halogenated alkanes) is 3. The Hall–Kier alpha value is -1.05. The molecule has 0 aromatic heterocycles.